The standard InChI is InChI=1S/C41H32N4O2/c1-27-21-31(35-14-6-4-11-29(35)13-10-19-42)23-33-25-44-37-16-8-9-17-38(37)45-26-34-24-32(36-15-7-5-12-30(36)18-20-43-3)22-28(2)40(34)47-41(44,45)46-39(27)33/h4-9,11-12,14-17,21-26H,10,13,18,20H2,1-2H3/q+2. The third-order valence-electron chi connectivity index (χ3n) is 9.28. The van der Waals surface area contributed by atoms with Crippen molar-refractivity contribution >= 4 is 23.8 Å². The Morgan fingerprint density at radius 3 is 1.70 bits per heavy atom. The number of nitrogens with zero attached hydrogens (tertiary/aromatic N) is 4. The van der Waals surface area contributed by atoms with Crippen molar-refractivity contribution in [1.29, 1.82) is 5.26 Å². The molecule has 0 saturated carbocycles. The van der Waals surface area contributed by atoms with Crippen molar-refractivity contribution in [1.82, 2.24) is 0 Å². The Kier molecular flexibility index (Phi) is 6.74. The van der Waals surface area contributed by atoms with E-state index in [0.717, 1.165) is 78.5 Å². The molecule has 0 bridgehead atoms. The summed E-state index contributed by atoms with van der Waals surface area (Å²) >= 11 is 0. The second-order valence-corrected chi connectivity index (χ2v) is 12.3. The normalized spacial score (nSPS) is 16.4. The number of ether oxygens (including phenoxy) is 2. The molecule has 1 atom stereocenters. The maximum atomic E-state index is 9.23. The average Bonchev–Trinajstić information content (AvgIpc) is 3.37. The van der Waals surface area contributed by atoms with Gasteiger partial charge in [-0.15, -0.1) is 0 Å². The monoisotopic (exact) mass is 612 g/mol. The van der Waals surface area contributed by atoms with Crippen LogP contribution in [0.25, 0.3) is 27.1 Å². The largest absolute Gasteiger partial charge is 0.715 e. The molecule has 226 valence electrons. The van der Waals surface area contributed by atoms with E-state index in [-0.39, 0.29) is 0 Å². The van der Waals surface area contributed by atoms with Crippen LogP contribution in [0.4, 0.5) is 11.4 Å². The molecule has 5 aromatic carbocycles. The predicted molar refractivity (Wildman–Crippen MR) is 183 cm³/mol. The fraction of sp³-hybridized carbons (Fsp3) is 0.171. The number of nitriles is 1. The van der Waals surface area contributed by atoms with Gasteiger partial charge in [0.2, 0.25) is 6.54 Å². The van der Waals surface area contributed by atoms with Gasteiger partial charge in [-0.2, -0.15) is 5.26 Å². The summed E-state index contributed by atoms with van der Waals surface area (Å²) < 4.78 is 18.3. The van der Waals surface area contributed by atoms with E-state index in [4.69, 9.17) is 16.0 Å². The zero-order chi connectivity index (χ0) is 32.1. The Balaban J connectivity index is 1.27. The zero-order valence-electron chi connectivity index (χ0n) is 26.3. The summed E-state index contributed by atoms with van der Waals surface area (Å²) in [7, 11) is 0. The van der Waals surface area contributed by atoms with Gasteiger partial charge in [0.15, 0.2) is 23.9 Å². The van der Waals surface area contributed by atoms with Crippen LogP contribution in [0.15, 0.2) is 97.1 Å². The topological polar surface area (TPSA) is 52.6 Å². The van der Waals surface area contributed by atoms with E-state index in [2.05, 4.69) is 113 Å². The average molecular weight is 613 g/mol. The van der Waals surface area contributed by atoms with Gasteiger partial charge in [0, 0.05) is 25.0 Å². The SMILES string of the molecule is [C-]#[N+]CCc1ccccc1-c1cc(C)c2c(c1)C=[N+]1c3ccccc3[N+]3=Cc4cc(-c5ccccc5CCC#N)cc(C)c4OC31O2. The highest BCUT2D eigenvalue weighted by molar-refractivity contribution is 5.90. The Morgan fingerprint density at radius 2 is 1.19 bits per heavy atom. The minimum absolute atomic E-state index is 0.461. The van der Waals surface area contributed by atoms with E-state index in [1.165, 1.54) is 0 Å². The van der Waals surface area contributed by atoms with E-state index in [1.807, 2.05) is 30.3 Å². The first kappa shape index (κ1) is 28.5. The van der Waals surface area contributed by atoms with Crippen molar-refractivity contribution in [3.05, 3.63) is 142 Å². The van der Waals surface area contributed by atoms with Gasteiger partial charge < -0.3 is 14.3 Å². The molecule has 8 rings (SSSR count). The van der Waals surface area contributed by atoms with E-state index in [1.54, 1.807) is 0 Å². The van der Waals surface area contributed by atoms with E-state index in [9.17, 15) is 5.26 Å². The molecular weight excluding hydrogens is 580 g/mol. The van der Waals surface area contributed by atoms with Crippen LogP contribution in [-0.2, 0) is 12.8 Å². The minimum atomic E-state index is -1.26. The van der Waals surface area contributed by atoms with E-state index in [0.29, 0.717) is 25.8 Å². The molecule has 0 N–H and O–H groups in total. The fourth-order valence-electron chi connectivity index (χ4n) is 7.15. The first-order chi connectivity index (χ1) is 23.0. The van der Waals surface area contributed by atoms with Crippen LogP contribution in [0, 0.1) is 31.8 Å². The summed E-state index contributed by atoms with van der Waals surface area (Å²) in [5.74, 6) is 1.55. The number of benzene rings is 5. The summed E-state index contributed by atoms with van der Waals surface area (Å²) in [5.41, 5.74) is 12.7. The molecule has 1 unspecified atom stereocenters. The highest BCUT2D eigenvalue weighted by atomic mass is 16.7. The fourth-order valence-corrected chi connectivity index (χ4v) is 7.15. The quantitative estimate of drug-likeness (QED) is 0.143. The Morgan fingerprint density at radius 1 is 0.702 bits per heavy atom. The van der Waals surface area contributed by atoms with Crippen molar-refractivity contribution in [2.45, 2.75) is 39.1 Å². The van der Waals surface area contributed by atoms with Gasteiger partial charge in [-0.25, -0.2) is 6.57 Å². The van der Waals surface area contributed by atoms with Crippen LogP contribution < -0.4 is 9.47 Å². The zero-order valence-corrected chi connectivity index (χ0v) is 26.3. The van der Waals surface area contributed by atoms with Crippen molar-refractivity contribution in [2.24, 2.45) is 0 Å². The molecule has 0 saturated heterocycles. The van der Waals surface area contributed by atoms with Crippen LogP contribution in [0.1, 0.15) is 39.8 Å². The van der Waals surface area contributed by atoms with Gasteiger partial charge in [-0.1, -0.05) is 60.7 Å². The first-order valence-corrected chi connectivity index (χ1v) is 15.9. The molecule has 0 fully saturated rings. The summed E-state index contributed by atoms with van der Waals surface area (Å²) in [6.45, 7) is 11.9. The van der Waals surface area contributed by atoms with Gasteiger partial charge in [-0.3, -0.25) is 0 Å². The highest BCUT2D eigenvalue weighted by Crippen LogP contribution is 2.50. The lowest BCUT2D eigenvalue weighted by atomic mass is 9.93. The molecule has 0 aromatic heterocycles. The van der Waals surface area contributed by atoms with Gasteiger partial charge in [-0.05, 0) is 98.2 Å². The lowest BCUT2D eigenvalue weighted by Crippen LogP contribution is -2.59. The molecule has 47 heavy (non-hydrogen) atoms. The molecule has 1 spiro atoms. The molecule has 3 aliphatic rings. The Hall–Kier alpha value is -5.98. The number of rotatable bonds is 6. The summed E-state index contributed by atoms with van der Waals surface area (Å²) in [4.78, 5) is 3.59. The molecule has 5 aromatic rings. The third kappa shape index (κ3) is 4.53. The van der Waals surface area contributed by atoms with Crippen molar-refractivity contribution in [2.75, 3.05) is 6.54 Å². The first-order valence-electron chi connectivity index (χ1n) is 15.9. The number of hydrogen-bond donors (Lipinski definition) is 0. The van der Waals surface area contributed by atoms with Crippen molar-refractivity contribution in [3.8, 4) is 39.8 Å². The smallest absolute Gasteiger partial charge is 0.340 e. The summed E-state index contributed by atoms with van der Waals surface area (Å²) in [6.07, 6.45) is 6.18. The molecular formula is C41H32N4O2+2. The van der Waals surface area contributed by atoms with Crippen LogP contribution in [0.5, 0.6) is 11.5 Å². The molecule has 3 aliphatic heterocycles. The molecule has 6 heteroatoms. The van der Waals surface area contributed by atoms with Crippen LogP contribution in [0.3, 0.4) is 0 Å². The van der Waals surface area contributed by atoms with Gasteiger partial charge in [0.05, 0.1) is 17.2 Å². The maximum Gasteiger partial charge on any atom is 0.715 e. The van der Waals surface area contributed by atoms with Gasteiger partial charge in [0.1, 0.15) is 0 Å². The lowest BCUT2D eigenvalue weighted by Gasteiger charge is -2.28. The molecule has 0 radical (unpaired) electrons. The molecule has 0 amide bonds. The molecule has 6 nitrogen and oxygen atoms in total. The second kappa shape index (κ2) is 11.1. The number of fused-ring (bicyclic) bond motifs is 5. The highest BCUT2D eigenvalue weighted by Gasteiger charge is 2.72. The Labute approximate surface area is 274 Å². The van der Waals surface area contributed by atoms with E-state index < -0.39 is 6.03 Å². The lowest BCUT2D eigenvalue weighted by molar-refractivity contribution is -0.831. The molecule has 3 heterocycles. The summed E-state index contributed by atoms with van der Waals surface area (Å²) in [6, 6.07) is 34.6. The number of aryl methyl sites for hydroxylation is 3. The summed E-state index contributed by atoms with van der Waals surface area (Å²) in [5, 5.41) is 9.23. The predicted octanol–water partition coefficient (Wildman–Crippen LogP) is 8.49. The van der Waals surface area contributed by atoms with Crippen molar-refractivity contribution in [3.63, 3.8) is 0 Å². The van der Waals surface area contributed by atoms with Crippen LogP contribution >= 0.6 is 0 Å². The van der Waals surface area contributed by atoms with Crippen LogP contribution in [-0.4, -0.2) is 34.2 Å². The number of para-hydroxylation sites is 2. The molecule has 0 aliphatic carbocycles. The number of hydrogen-bond acceptors (Lipinski definition) is 3. The van der Waals surface area contributed by atoms with Crippen LogP contribution in [0.2, 0.25) is 0 Å². The minimum Gasteiger partial charge on any atom is -0.340 e. The second-order valence-electron chi connectivity index (χ2n) is 12.3. The third-order valence-corrected chi connectivity index (χ3v) is 9.28. The van der Waals surface area contributed by atoms with E-state index >= 15 is 0 Å². The van der Waals surface area contributed by atoms with Crippen molar-refractivity contribution < 1.29 is 18.6 Å². The Bertz CT molecular complexity index is 2110. The maximum absolute atomic E-state index is 9.23. The van der Waals surface area contributed by atoms with Gasteiger partial charge >= 0.3 is 6.03 Å². The van der Waals surface area contributed by atoms with Gasteiger partial charge in [0.25, 0.3) is 11.4 Å².